The Morgan fingerprint density at radius 3 is 2.97 bits per heavy atom. The summed E-state index contributed by atoms with van der Waals surface area (Å²) in [6, 6.07) is 7.74. The number of rotatable bonds is 5. The standard InChI is InChI=1S/C21H25N5O3/c1-4-7-23-21(27)18-19(22)26-8-5-6-13(20(26)24-18)14-11-17-15(12-16(14)28-3)25(2)9-10-29-17/h5-6,8,11-12H,4,7,9-10,22H2,1-3H3,(H,23,27). The number of carbonyl (C=O) groups is 1. The van der Waals surface area contributed by atoms with Crippen molar-refractivity contribution in [1.29, 1.82) is 0 Å². The number of carbonyl (C=O) groups excluding carboxylic acids is 1. The number of hydrogen-bond donors (Lipinski definition) is 2. The number of fused-ring (bicyclic) bond motifs is 2. The van der Waals surface area contributed by atoms with Gasteiger partial charge in [0.15, 0.2) is 5.69 Å². The summed E-state index contributed by atoms with van der Waals surface area (Å²) >= 11 is 0. The van der Waals surface area contributed by atoms with Crippen LogP contribution in [0.3, 0.4) is 0 Å². The highest BCUT2D eigenvalue weighted by molar-refractivity contribution is 5.99. The number of aromatic nitrogens is 2. The molecule has 1 amide bonds. The lowest BCUT2D eigenvalue weighted by Gasteiger charge is -2.29. The molecule has 1 aliphatic rings. The van der Waals surface area contributed by atoms with Crippen LogP contribution in [-0.2, 0) is 0 Å². The van der Waals surface area contributed by atoms with Gasteiger partial charge in [0.05, 0.1) is 19.3 Å². The van der Waals surface area contributed by atoms with E-state index in [1.54, 1.807) is 17.7 Å². The molecule has 0 unspecified atom stereocenters. The molecule has 0 saturated heterocycles. The molecule has 0 fully saturated rings. The van der Waals surface area contributed by atoms with Crippen molar-refractivity contribution >= 4 is 23.1 Å². The summed E-state index contributed by atoms with van der Waals surface area (Å²) in [5, 5.41) is 2.83. The Hall–Kier alpha value is -3.42. The number of anilines is 2. The number of imidazole rings is 1. The topological polar surface area (TPSA) is 94.1 Å². The van der Waals surface area contributed by atoms with E-state index in [1.165, 1.54) is 0 Å². The van der Waals surface area contributed by atoms with Crippen LogP contribution in [0.2, 0.25) is 0 Å². The van der Waals surface area contributed by atoms with Crippen molar-refractivity contribution in [2.45, 2.75) is 13.3 Å². The van der Waals surface area contributed by atoms with E-state index in [1.807, 2.05) is 38.2 Å². The highest BCUT2D eigenvalue weighted by Crippen LogP contribution is 2.42. The number of nitrogen functional groups attached to an aromatic ring is 1. The second-order valence-electron chi connectivity index (χ2n) is 7.01. The SMILES string of the molecule is CCCNC(=O)c1nc2c(-c3cc4c(cc3OC)N(C)CCO4)cccn2c1N. The smallest absolute Gasteiger partial charge is 0.273 e. The molecule has 0 spiro atoms. The molecule has 0 bridgehead atoms. The van der Waals surface area contributed by atoms with E-state index in [0.717, 1.165) is 35.5 Å². The second kappa shape index (κ2) is 7.54. The Labute approximate surface area is 169 Å². The van der Waals surface area contributed by atoms with Crippen LogP contribution >= 0.6 is 0 Å². The molecule has 29 heavy (non-hydrogen) atoms. The minimum Gasteiger partial charge on any atom is -0.496 e. The summed E-state index contributed by atoms with van der Waals surface area (Å²) < 4.78 is 13.3. The van der Waals surface area contributed by atoms with Crippen LogP contribution < -0.4 is 25.4 Å². The van der Waals surface area contributed by atoms with Crippen molar-refractivity contribution in [2.75, 3.05) is 44.5 Å². The number of methoxy groups -OCH3 is 1. The lowest BCUT2D eigenvalue weighted by molar-refractivity contribution is 0.0950. The number of nitrogens with one attached hydrogen (secondary N) is 1. The Morgan fingerprint density at radius 2 is 2.21 bits per heavy atom. The van der Waals surface area contributed by atoms with Crippen LogP contribution in [-0.4, -0.2) is 49.1 Å². The zero-order valence-corrected chi connectivity index (χ0v) is 16.9. The Morgan fingerprint density at radius 1 is 1.38 bits per heavy atom. The fourth-order valence-electron chi connectivity index (χ4n) is 3.54. The van der Waals surface area contributed by atoms with Gasteiger partial charge in [-0.15, -0.1) is 0 Å². The van der Waals surface area contributed by atoms with Gasteiger partial charge in [0.1, 0.15) is 29.6 Å². The molecule has 3 heterocycles. The van der Waals surface area contributed by atoms with Gasteiger partial charge in [0.25, 0.3) is 5.91 Å². The fraction of sp³-hybridized carbons (Fsp3) is 0.333. The largest absolute Gasteiger partial charge is 0.496 e. The zero-order valence-electron chi connectivity index (χ0n) is 16.9. The van der Waals surface area contributed by atoms with Gasteiger partial charge in [0, 0.05) is 37.0 Å². The zero-order chi connectivity index (χ0) is 20.5. The minimum atomic E-state index is -0.277. The van der Waals surface area contributed by atoms with E-state index in [4.69, 9.17) is 15.2 Å². The van der Waals surface area contributed by atoms with Gasteiger partial charge >= 0.3 is 0 Å². The predicted octanol–water partition coefficient (Wildman–Crippen LogP) is 2.56. The summed E-state index contributed by atoms with van der Waals surface area (Å²) in [6.45, 7) is 4.01. The van der Waals surface area contributed by atoms with E-state index >= 15 is 0 Å². The van der Waals surface area contributed by atoms with Crippen molar-refractivity contribution in [3.05, 3.63) is 36.2 Å². The number of ether oxygens (including phenoxy) is 2. The van der Waals surface area contributed by atoms with Crippen molar-refractivity contribution < 1.29 is 14.3 Å². The van der Waals surface area contributed by atoms with Crippen molar-refractivity contribution in [3.63, 3.8) is 0 Å². The predicted molar refractivity (Wildman–Crippen MR) is 113 cm³/mol. The molecule has 3 aromatic rings. The monoisotopic (exact) mass is 395 g/mol. The molecule has 0 atom stereocenters. The van der Waals surface area contributed by atoms with Gasteiger partial charge in [0.2, 0.25) is 0 Å². The third-order valence-corrected chi connectivity index (χ3v) is 5.10. The maximum Gasteiger partial charge on any atom is 0.273 e. The molecule has 1 aliphatic heterocycles. The number of amides is 1. The van der Waals surface area contributed by atoms with Crippen LogP contribution in [0.5, 0.6) is 11.5 Å². The first-order valence-electron chi connectivity index (χ1n) is 9.66. The van der Waals surface area contributed by atoms with Crippen LogP contribution in [0.1, 0.15) is 23.8 Å². The summed E-state index contributed by atoms with van der Waals surface area (Å²) in [6.07, 6.45) is 2.64. The Balaban J connectivity index is 1.87. The summed E-state index contributed by atoms with van der Waals surface area (Å²) in [5.74, 6) is 1.52. The lowest BCUT2D eigenvalue weighted by atomic mass is 10.0. The molecular weight excluding hydrogens is 370 g/mol. The summed E-state index contributed by atoms with van der Waals surface area (Å²) in [7, 11) is 3.66. The molecule has 0 aliphatic carbocycles. The molecule has 0 radical (unpaired) electrons. The third-order valence-electron chi connectivity index (χ3n) is 5.10. The average molecular weight is 395 g/mol. The second-order valence-corrected chi connectivity index (χ2v) is 7.01. The van der Waals surface area contributed by atoms with Gasteiger partial charge in [-0.1, -0.05) is 6.92 Å². The number of nitrogens with zero attached hydrogens (tertiary/aromatic N) is 3. The number of nitrogens with two attached hydrogens (primary N) is 1. The minimum absolute atomic E-state index is 0.221. The molecule has 3 N–H and O–H groups in total. The lowest BCUT2D eigenvalue weighted by Crippen LogP contribution is -2.28. The van der Waals surface area contributed by atoms with Crippen LogP contribution in [0.4, 0.5) is 11.5 Å². The van der Waals surface area contributed by atoms with E-state index in [-0.39, 0.29) is 11.6 Å². The number of hydrogen-bond acceptors (Lipinski definition) is 6. The van der Waals surface area contributed by atoms with E-state index in [0.29, 0.717) is 30.4 Å². The number of likely N-dealkylation sites (N-methyl/N-ethyl adjacent to an activating group) is 1. The maximum absolute atomic E-state index is 12.5. The molecule has 8 heteroatoms. The van der Waals surface area contributed by atoms with Crippen molar-refractivity contribution in [2.24, 2.45) is 0 Å². The van der Waals surface area contributed by atoms with Gasteiger partial charge < -0.3 is 25.4 Å². The maximum atomic E-state index is 12.5. The molecule has 1 aromatic carbocycles. The first-order chi connectivity index (χ1) is 14.0. The number of pyridine rings is 1. The highest BCUT2D eigenvalue weighted by atomic mass is 16.5. The molecule has 0 saturated carbocycles. The van der Waals surface area contributed by atoms with E-state index < -0.39 is 0 Å². The highest BCUT2D eigenvalue weighted by Gasteiger charge is 2.23. The van der Waals surface area contributed by atoms with Crippen molar-refractivity contribution in [1.82, 2.24) is 14.7 Å². The van der Waals surface area contributed by atoms with Crippen LogP contribution in [0.25, 0.3) is 16.8 Å². The molecule has 2 aromatic heterocycles. The van der Waals surface area contributed by atoms with Crippen molar-refractivity contribution in [3.8, 4) is 22.6 Å². The van der Waals surface area contributed by atoms with E-state index in [9.17, 15) is 4.79 Å². The van der Waals surface area contributed by atoms with Crippen LogP contribution in [0, 0.1) is 0 Å². The summed E-state index contributed by atoms with van der Waals surface area (Å²) in [4.78, 5) is 19.2. The molecule has 4 rings (SSSR count). The quantitative estimate of drug-likeness (QED) is 0.690. The fourth-order valence-corrected chi connectivity index (χ4v) is 3.54. The first kappa shape index (κ1) is 18.9. The summed E-state index contributed by atoms with van der Waals surface area (Å²) in [5.41, 5.74) is 9.67. The molecular formula is C21H25N5O3. The Kier molecular flexibility index (Phi) is 4.92. The molecule has 8 nitrogen and oxygen atoms in total. The van der Waals surface area contributed by atoms with Gasteiger partial charge in [-0.3, -0.25) is 9.20 Å². The van der Waals surface area contributed by atoms with Crippen LogP contribution in [0.15, 0.2) is 30.5 Å². The molecule has 152 valence electrons. The van der Waals surface area contributed by atoms with Gasteiger partial charge in [-0.2, -0.15) is 0 Å². The normalized spacial score (nSPS) is 13.1. The van der Waals surface area contributed by atoms with Gasteiger partial charge in [-0.25, -0.2) is 4.98 Å². The number of benzene rings is 1. The van der Waals surface area contributed by atoms with Gasteiger partial charge in [-0.05, 0) is 24.6 Å². The first-order valence-corrected chi connectivity index (χ1v) is 9.66. The average Bonchev–Trinajstić information content (AvgIpc) is 3.08. The third kappa shape index (κ3) is 3.20. The Bertz CT molecular complexity index is 1080. The van der Waals surface area contributed by atoms with E-state index in [2.05, 4.69) is 15.2 Å².